The molecule has 1 atom stereocenters. The summed E-state index contributed by atoms with van der Waals surface area (Å²) >= 11 is 0. The number of rotatable bonds is 7. The van der Waals surface area contributed by atoms with E-state index < -0.39 is 11.9 Å². The third-order valence-corrected chi connectivity index (χ3v) is 3.86. The van der Waals surface area contributed by atoms with Gasteiger partial charge in [-0.25, -0.2) is 9.18 Å². The molecule has 0 saturated carbocycles. The average Bonchev–Trinajstić information content (AvgIpc) is 3.04. The number of carbonyl (C=O) groups is 2. The lowest BCUT2D eigenvalue weighted by Crippen LogP contribution is -2.47. The normalized spacial score (nSPS) is 16.9. The number of amides is 3. The number of urea groups is 1. The SMILES string of the molecule is CCOCCCNC(=O)C1CCCN1C(=O)Nc1cccc(F)c1. The minimum atomic E-state index is -0.481. The molecule has 1 aliphatic rings. The molecule has 0 spiro atoms. The number of nitrogens with zero attached hydrogens (tertiary/aromatic N) is 1. The molecule has 7 heteroatoms. The number of hydrogen-bond donors (Lipinski definition) is 2. The predicted octanol–water partition coefficient (Wildman–Crippen LogP) is 2.36. The van der Waals surface area contributed by atoms with Gasteiger partial charge in [-0.3, -0.25) is 4.79 Å². The largest absolute Gasteiger partial charge is 0.382 e. The molecular formula is C17H24FN3O3. The van der Waals surface area contributed by atoms with Gasteiger partial charge < -0.3 is 20.3 Å². The molecular weight excluding hydrogens is 313 g/mol. The van der Waals surface area contributed by atoms with Crippen LogP contribution in [0.5, 0.6) is 0 Å². The maximum Gasteiger partial charge on any atom is 0.322 e. The Morgan fingerprint density at radius 1 is 1.42 bits per heavy atom. The van der Waals surface area contributed by atoms with E-state index in [1.807, 2.05) is 6.92 Å². The lowest BCUT2D eigenvalue weighted by Gasteiger charge is -2.24. The fourth-order valence-electron chi connectivity index (χ4n) is 2.69. The highest BCUT2D eigenvalue weighted by atomic mass is 19.1. The summed E-state index contributed by atoms with van der Waals surface area (Å²) in [5.41, 5.74) is 0.378. The number of nitrogens with one attached hydrogen (secondary N) is 2. The van der Waals surface area contributed by atoms with Crippen molar-refractivity contribution in [3.05, 3.63) is 30.1 Å². The second-order valence-electron chi connectivity index (χ2n) is 5.63. The van der Waals surface area contributed by atoms with Gasteiger partial charge in [0, 0.05) is 32.0 Å². The topological polar surface area (TPSA) is 70.7 Å². The van der Waals surface area contributed by atoms with E-state index in [4.69, 9.17) is 4.74 Å². The first kappa shape index (κ1) is 18.2. The molecule has 6 nitrogen and oxygen atoms in total. The number of benzene rings is 1. The lowest BCUT2D eigenvalue weighted by molar-refractivity contribution is -0.124. The van der Waals surface area contributed by atoms with Gasteiger partial charge in [-0.15, -0.1) is 0 Å². The molecule has 24 heavy (non-hydrogen) atoms. The van der Waals surface area contributed by atoms with E-state index in [-0.39, 0.29) is 11.9 Å². The quantitative estimate of drug-likeness (QED) is 0.751. The molecule has 1 fully saturated rings. The zero-order chi connectivity index (χ0) is 17.4. The van der Waals surface area contributed by atoms with Crippen LogP contribution in [-0.4, -0.2) is 49.2 Å². The van der Waals surface area contributed by atoms with E-state index in [9.17, 15) is 14.0 Å². The minimum Gasteiger partial charge on any atom is -0.382 e. The second-order valence-corrected chi connectivity index (χ2v) is 5.63. The van der Waals surface area contributed by atoms with Crippen molar-refractivity contribution in [2.45, 2.75) is 32.2 Å². The van der Waals surface area contributed by atoms with E-state index in [1.54, 1.807) is 6.07 Å². The van der Waals surface area contributed by atoms with Crippen molar-refractivity contribution < 1.29 is 18.7 Å². The Morgan fingerprint density at radius 2 is 2.25 bits per heavy atom. The Labute approximate surface area is 141 Å². The number of anilines is 1. The molecule has 1 aromatic carbocycles. The van der Waals surface area contributed by atoms with Crippen molar-refractivity contribution in [3.63, 3.8) is 0 Å². The summed E-state index contributed by atoms with van der Waals surface area (Å²) < 4.78 is 18.4. The van der Waals surface area contributed by atoms with Crippen molar-refractivity contribution in [2.75, 3.05) is 31.6 Å². The molecule has 132 valence electrons. The fourth-order valence-corrected chi connectivity index (χ4v) is 2.69. The molecule has 0 aromatic heterocycles. The van der Waals surface area contributed by atoms with Crippen LogP contribution in [0.3, 0.4) is 0 Å². The zero-order valence-electron chi connectivity index (χ0n) is 13.9. The smallest absolute Gasteiger partial charge is 0.322 e. The van der Waals surface area contributed by atoms with E-state index >= 15 is 0 Å². The van der Waals surface area contributed by atoms with Gasteiger partial charge in [0.15, 0.2) is 0 Å². The molecule has 0 bridgehead atoms. The standard InChI is InChI=1S/C17H24FN3O3/c1-2-24-11-5-9-19-16(22)15-8-4-10-21(15)17(23)20-14-7-3-6-13(18)12-14/h3,6-7,12,15H,2,4-5,8-11H2,1H3,(H,19,22)(H,20,23). The summed E-state index contributed by atoms with van der Waals surface area (Å²) in [6, 6.07) is 4.83. The Morgan fingerprint density at radius 3 is 3.00 bits per heavy atom. The molecule has 1 saturated heterocycles. The van der Waals surface area contributed by atoms with Crippen molar-refractivity contribution in [2.24, 2.45) is 0 Å². The van der Waals surface area contributed by atoms with Gasteiger partial charge in [-0.1, -0.05) is 6.07 Å². The Bertz CT molecular complexity index is 568. The van der Waals surface area contributed by atoms with Gasteiger partial charge in [-0.05, 0) is 44.4 Å². The fraction of sp³-hybridized carbons (Fsp3) is 0.529. The minimum absolute atomic E-state index is 0.154. The third-order valence-electron chi connectivity index (χ3n) is 3.86. The first-order valence-electron chi connectivity index (χ1n) is 8.30. The monoisotopic (exact) mass is 337 g/mol. The van der Waals surface area contributed by atoms with Crippen molar-refractivity contribution in [1.29, 1.82) is 0 Å². The number of ether oxygens (including phenoxy) is 1. The highest BCUT2D eigenvalue weighted by molar-refractivity contribution is 5.94. The van der Waals surface area contributed by atoms with Crippen molar-refractivity contribution in [3.8, 4) is 0 Å². The predicted molar refractivity (Wildman–Crippen MR) is 89.3 cm³/mol. The van der Waals surface area contributed by atoms with Gasteiger partial charge in [0.1, 0.15) is 11.9 Å². The first-order valence-corrected chi connectivity index (χ1v) is 8.30. The molecule has 1 aliphatic heterocycles. The van der Waals surface area contributed by atoms with Gasteiger partial charge in [0.2, 0.25) is 5.91 Å². The summed E-state index contributed by atoms with van der Waals surface area (Å²) in [6.45, 7) is 4.22. The van der Waals surface area contributed by atoms with E-state index in [2.05, 4.69) is 10.6 Å². The maximum absolute atomic E-state index is 13.2. The number of halogens is 1. The molecule has 2 N–H and O–H groups in total. The van der Waals surface area contributed by atoms with Crippen LogP contribution < -0.4 is 10.6 Å². The maximum atomic E-state index is 13.2. The Balaban J connectivity index is 1.85. The molecule has 1 aromatic rings. The zero-order valence-corrected chi connectivity index (χ0v) is 13.9. The van der Waals surface area contributed by atoms with Crippen LogP contribution in [0.25, 0.3) is 0 Å². The Hall–Kier alpha value is -2.15. The van der Waals surface area contributed by atoms with Gasteiger partial charge >= 0.3 is 6.03 Å². The average molecular weight is 337 g/mol. The molecule has 0 aliphatic carbocycles. The second kappa shape index (κ2) is 9.22. The summed E-state index contributed by atoms with van der Waals surface area (Å²) in [5, 5.41) is 5.48. The summed E-state index contributed by atoms with van der Waals surface area (Å²) in [7, 11) is 0. The summed E-state index contributed by atoms with van der Waals surface area (Å²) in [4.78, 5) is 26.1. The van der Waals surface area contributed by atoms with E-state index in [0.717, 1.165) is 12.8 Å². The molecule has 0 radical (unpaired) electrons. The van der Waals surface area contributed by atoms with E-state index in [0.29, 0.717) is 38.4 Å². The van der Waals surface area contributed by atoms with E-state index in [1.165, 1.54) is 23.1 Å². The van der Waals surface area contributed by atoms with Crippen LogP contribution >= 0.6 is 0 Å². The van der Waals surface area contributed by atoms with Gasteiger partial charge in [0.05, 0.1) is 0 Å². The van der Waals surface area contributed by atoms with Crippen LogP contribution in [0.1, 0.15) is 26.2 Å². The van der Waals surface area contributed by atoms with Crippen LogP contribution in [0.15, 0.2) is 24.3 Å². The van der Waals surface area contributed by atoms with Crippen molar-refractivity contribution in [1.82, 2.24) is 10.2 Å². The van der Waals surface area contributed by atoms with Crippen molar-refractivity contribution >= 4 is 17.6 Å². The molecule has 3 amide bonds. The molecule has 2 rings (SSSR count). The van der Waals surface area contributed by atoms with Crippen LogP contribution in [0, 0.1) is 5.82 Å². The third kappa shape index (κ3) is 5.19. The van der Waals surface area contributed by atoms with Crippen LogP contribution in [-0.2, 0) is 9.53 Å². The number of hydrogen-bond acceptors (Lipinski definition) is 3. The highest BCUT2D eigenvalue weighted by Gasteiger charge is 2.33. The van der Waals surface area contributed by atoms with Crippen LogP contribution in [0.4, 0.5) is 14.9 Å². The van der Waals surface area contributed by atoms with Gasteiger partial charge in [-0.2, -0.15) is 0 Å². The summed E-state index contributed by atoms with van der Waals surface area (Å²) in [6.07, 6.45) is 2.14. The number of carbonyl (C=O) groups excluding carboxylic acids is 2. The molecule has 1 heterocycles. The number of likely N-dealkylation sites (tertiary alicyclic amines) is 1. The lowest BCUT2D eigenvalue weighted by atomic mass is 10.2. The molecule has 1 unspecified atom stereocenters. The Kier molecular flexibility index (Phi) is 6.99. The first-order chi connectivity index (χ1) is 11.6. The van der Waals surface area contributed by atoms with Crippen LogP contribution in [0.2, 0.25) is 0 Å². The van der Waals surface area contributed by atoms with Gasteiger partial charge in [0.25, 0.3) is 0 Å². The highest BCUT2D eigenvalue weighted by Crippen LogP contribution is 2.19. The summed E-state index contributed by atoms with van der Waals surface area (Å²) in [5.74, 6) is -0.573.